The Balaban J connectivity index is 1.95. The first kappa shape index (κ1) is 26.5. The van der Waals surface area contributed by atoms with E-state index >= 15 is 0 Å². The van der Waals surface area contributed by atoms with Crippen molar-refractivity contribution in [3.05, 3.63) is 93.4 Å². The fourth-order valence-corrected chi connectivity index (χ4v) is 5.91. The van der Waals surface area contributed by atoms with Gasteiger partial charge in [-0.3, -0.25) is 4.79 Å². The van der Waals surface area contributed by atoms with E-state index in [1.54, 1.807) is 24.4 Å². The monoisotopic (exact) mass is 522 g/mol. The van der Waals surface area contributed by atoms with Crippen molar-refractivity contribution >= 4 is 29.1 Å². The Morgan fingerprint density at radius 2 is 1.62 bits per heavy atom. The third-order valence-electron chi connectivity index (χ3n) is 6.92. The van der Waals surface area contributed by atoms with Crippen LogP contribution in [0.2, 0.25) is 0 Å². The first-order valence-electron chi connectivity index (χ1n) is 12.3. The summed E-state index contributed by atoms with van der Waals surface area (Å²) in [4.78, 5) is 42.0. The van der Waals surface area contributed by atoms with Crippen LogP contribution in [-0.2, 0) is 10.2 Å². The highest BCUT2D eigenvalue weighted by Crippen LogP contribution is 2.51. The van der Waals surface area contributed by atoms with Crippen molar-refractivity contribution < 1.29 is 23.9 Å². The summed E-state index contributed by atoms with van der Waals surface area (Å²) in [5, 5.41) is 15.0. The smallest absolute Gasteiger partial charge is 0.327 e. The van der Waals surface area contributed by atoms with E-state index in [1.807, 2.05) is 24.3 Å². The summed E-state index contributed by atoms with van der Waals surface area (Å²) < 4.78 is 13.9. The Morgan fingerprint density at radius 1 is 1.00 bits per heavy atom. The van der Waals surface area contributed by atoms with Gasteiger partial charge < -0.3 is 15.3 Å². The highest BCUT2D eigenvalue weighted by atomic mass is 32.1. The molecule has 4 rings (SSSR count). The zero-order valence-corrected chi connectivity index (χ0v) is 22.1. The third kappa shape index (κ3) is 5.16. The molecule has 1 saturated heterocycles. The molecule has 0 radical (unpaired) electrons. The molecule has 8 heteroatoms. The minimum Gasteiger partial charge on any atom is -0.480 e. The highest BCUT2D eigenvalue weighted by molar-refractivity contribution is 7.12. The van der Waals surface area contributed by atoms with Gasteiger partial charge in [-0.2, -0.15) is 0 Å². The number of carboxylic acids is 1. The molecule has 4 unspecified atom stereocenters. The Kier molecular flexibility index (Phi) is 7.50. The summed E-state index contributed by atoms with van der Waals surface area (Å²) in [5.41, 5.74) is 2.12. The number of halogens is 1. The summed E-state index contributed by atoms with van der Waals surface area (Å²) >= 11 is 1.27. The van der Waals surface area contributed by atoms with Gasteiger partial charge in [-0.25, -0.2) is 14.0 Å². The predicted octanol–water partition coefficient (Wildman–Crippen LogP) is 6.01. The molecule has 2 aromatic carbocycles. The quantitative estimate of drug-likeness (QED) is 0.389. The van der Waals surface area contributed by atoms with Gasteiger partial charge in [0.1, 0.15) is 11.9 Å². The lowest BCUT2D eigenvalue weighted by atomic mass is 9.76. The molecule has 194 valence electrons. The largest absolute Gasteiger partial charge is 0.480 e. The zero-order valence-electron chi connectivity index (χ0n) is 21.3. The number of nitrogens with one attached hydrogen (secondary N) is 1. The molecule has 2 heterocycles. The van der Waals surface area contributed by atoms with Crippen molar-refractivity contribution in [2.75, 3.05) is 6.54 Å². The van der Waals surface area contributed by atoms with Crippen molar-refractivity contribution in [1.82, 2.24) is 10.2 Å². The minimum atomic E-state index is -1.31. The molecule has 1 aliphatic rings. The van der Waals surface area contributed by atoms with Crippen LogP contribution >= 0.6 is 11.3 Å². The maximum absolute atomic E-state index is 14.0. The molecule has 1 aromatic heterocycles. The van der Waals surface area contributed by atoms with Crippen LogP contribution in [0.4, 0.5) is 9.18 Å². The van der Waals surface area contributed by atoms with E-state index < -0.39 is 41.7 Å². The Morgan fingerprint density at radius 3 is 2.14 bits per heavy atom. The number of aliphatic carboxylic acids is 1. The zero-order chi connectivity index (χ0) is 26.9. The van der Waals surface area contributed by atoms with Gasteiger partial charge in [0.15, 0.2) is 5.78 Å². The lowest BCUT2D eigenvalue weighted by molar-refractivity contribution is -0.142. The van der Waals surface area contributed by atoms with Gasteiger partial charge in [0, 0.05) is 12.5 Å². The van der Waals surface area contributed by atoms with E-state index in [9.17, 15) is 23.9 Å². The van der Waals surface area contributed by atoms with Crippen LogP contribution in [0, 0.1) is 11.7 Å². The second kappa shape index (κ2) is 10.5. The molecule has 37 heavy (non-hydrogen) atoms. The number of ketones is 1. The number of amides is 2. The van der Waals surface area contributed by atoms with Crippen LogP contribution in [-0.4, -0.2) is 40.4 Å². The molecule has 3 aromatic rings. The fraction of sp³-hybridized carbons (Fsp3) is 0.345. The van der Waals surface area contributed by atoms with E-state index in [0.29, 0.717) is 16.0 Å². The maximum Gasteiger partial charge on any atom is 0.327 e. The molecule has 6 nitrogen and oxygen atoms in total. The van der Waals surface area contributed by atoms with Gasteiger partial charge in [-0.1, -0.05) is 63.2 Å². The molecule has 1 aliphatic heterocycles. The van der Waals surface area contributed by atoms with Crippen LogP contribution in [0.15, 0.2) is 66.0 Å². The topological polar surface area (TPSA) is 86.7 Å². The number of benzene rings is 2. The Hall–Kier alpha value is -3.52. The Bertz CT molecular complexity index is 1270. The predicted molar refractivity (Wildman–Crippen MR) is 141 cm³/mol. The number of likely N-dealkylation sites (tertiary alicyclic amines) is 1. The van der Waals surface area contributed by atoms with Gasteiger partial charge in [0.25, 0.3) is 0 Å². The molecular weight excluding hydrogens is 491 g/mol. The summed E-state index contributed by atoms with van der Waals surface area (Å²) in [6, 6.07) is 13.9. The van der Waals surface area contributed by atoms with Crippen LogP contribution in [0.25, 0.3) is 0 Å². The first-order chi connectivity index (χ1) is 17.5. The molecule has 0 bridgehead atoms. The van der Waals surface area contributed by atoms with Crippen molar-refractivity contribution in [3.63, 3.8) is 0 Å². The molecule has 2 amide bonds. The third-order valence-corrected chi connectivity index (χ3v) is 7.81. The van der Waals surface area contributed by atoms with Crippen LogP contribution in [0.1, 0.15) is 66.0 Å². The molecule has 4 atom stereocenters. The number of rotatable bonds is 6. The standard InChI is InChI=1S/C29H31FN2O4S/c1-5-31-28(36)32-24(18-10-14-20(30)15-11-18)23(26(33)21-7-6-16-37-21)22(25(32)27(34)35)17-8-12-19(13-9-17)29(2,3)4/h6-16,22-25H,5H2,1-4H3,(H,31,36)(H,34,35). The number of carboxylic acid groups (broad SMARTS) is 1. The summed E-state index contributed by atoms with van der Waals surface area (Å²) in [6.07, 6.45) is 0. The van der Waals surface area contributed by atoms with Crippen LogP contribution in [0.5, 0.6) is 0 Å². The molecule has 1 fully saturated rings. The first-order valence-corrected chi connectivity index (χ1v) is 13.1. The number of Topliss-reactive ketones (excluding diaryl/α,β-unsaturated/α-hetero) is 1. The van der Waals surface area contributed by atoms with Crippen molar-refractivity contribution in [2.45, 2.75) is 51.1 Å². The van der Waals surface area contributed by atoms with E-state index in [4.69, 9.17) is 0 Å². The molecule has 0 saturated carbocycles. The number of carbonyl (C=O) groups is 3. The van der Waals surface area contributed by atoms with E-state index in [1.165, 1.54) is 40.5 Å². The molecular formula is C29H31FN2O4S. The summed E-state index contributed by atoms with van der Waals surface area (Å²) in [6.45, 7) is 8.28. The second-order valence-electron chi connectivity index (χ2n) is 10.3. The lowest BCUT2D eigenvalue weighted by Crippen LogP contribution is -2.48. The van der Waals surface area contributed by atoms with E-state index in [-0.39, 0.29) is 17.7 Å². The van der Waals surface area contributed by atoms with Gasteiger partial charge in [0.05, 0.1) is 16.8 Å². The highest BCUT2D eigenvalue weighted by Gasteiger charge is 2.57. The lowest BCUT2D eigenvalue weighted by Gasteiger charge is -2.30. The van der Waals surface area contributed by atoms with Crippen LogP contribution in [0.3, 0.4) is 0 Å². The number of thiophene rings is 1. The average Bonchev–Trinajstić information content (AvgIpc) is 3.51. The van der Waals surface area contributed by atoms with Crippen molar-refractivity contribution in [3.8, 4) is 0 Å². The fourth-order valence-electron chi connectivity index (χ4n) is 5.19. The molecule has 0 aliphatic carbocycles. The summed E-state index contributed by atoms with van der Waals surface area (Å²) in [5.74, 6) is -3.62. The molecule has 2 N–H and O–H groups in total. The summed E-state index contributed by atoms with van der Waals surface area (Å²) in [7, 11) is 0. The van der Waals surface area contributed by atoms with Gasteiger partial charge in [-0.05, 0) is 52.6 Å². The van der Waals surface area contributed by atoms with Gasteiger partial charge in [0.2, 0.25) is 0 Å². The minimum absolute atomic E-state index is 0.115. The van der Waals surface area contributed by atoms with Crippen LogP contribution < -0.4 is 5.32 Å². The number of hydrogen-bond acceptors (Lipinski definition) is 4. The number of nitrogens with zero attached hydrogens (tertiary/aromatic N) is 1. The SMILES string of the molecule is CCNC(=O)N1C(C(=O)O)C(c2ccc(C(C)(C)C)cc2)C(C(=O)c2cccs2)C1c1ccc(F)cc1. The van der Waals surface area contributed by atoms with Gasteiger partial charge >= 0.3 is 12.0 Å². The number of urea groups is 1. The second-order valence-corrected chi connectivity index (χ2v) is 11.2. The normalized spacial score (nSPS) is 21.6. The number of hydrogen-bond donors (Lipinski definition) is 2. The number of carbonyl (C=O) groups excluding carboxylic acids is 2. The maximum atomic E-state index is 14.0. The van der Waals surface area contributed by atoms with E-state index in [2.05, 4.69) is 26.1 Å². The van der Waals surface area contributed by atoms with Gasteiger partial charge in [-0.15, -0.1) is 11.3 Å². The molecule has 0 spiro atoms. The van der Waals surface area contributed by atoms with Crippen molar-refractivity contribution in [1.29, 1.82) is 0 Å². The average molecular weight is 523 g/mol. The Labute approximate surface area is 220 Å². The van der Waals surface area contributed by atoms with E-state index in [0.717, 1.165) is 5.56 Å². The van der Waals surface area contributed by atoms with Crippen molar-refractivity contribution in [2.24, 2.45) is 5.92 Å².